The summed E-state index contributed by atoms with van der Waals surface area (Å²) in [6, 6.07) is 2.08. The lowest BCUT2D eigenvalue weighted by Gasteiger charge is -2.06. The summed E-state index contributed by atoms with van der Waals surface area (Å²) in [5, 5.41) is 13.2. The minimum absolute atomic E-state index is 0.177. The molecule has 2 heterocycles. The van der Waals surface area contributed by atoms with E-state index >= 15 is 0 Å². The van der Waals surface area contributed by atoms with E-state index in [1.54, 1.807) is 17.5 Å². The second-order valence-corrected chi connectivity index (χ2v) is 5.32. The Kier molecular flexibility index (Phi) is 2.58. The molecule has 2 aromatic rings. The number of hydrogen-bond acceptors (Lipinski definition) is 4. The Hall–Kier alpha value is -0.500. The van der Waals surface area contributed by atoms with Gasteiger partial charge in [0.15, 0.2) is 3.01 Å². The van der Waals surface area contributed by atoms with Gasteiger partial charge in [-0.2, -0.15) is 5.10 Å². The van der Waals surface area contributed by atoms with Crippen LogP contribution in [0.4, 0.5) is 0 Å². The Bertz CT molecular complexity index is 383. The van der Waals surface area contributed by atoms with Gasteiger partial charge in [0.1, 0.15) is 11.0 Å². The highest BCUT2D eigenvalue weighted by Crippen LogP contribution is 2.21. The smallest absolute Gasteiger partial charge is 0.178 e. The first-order valence-corrected chi connectivity index (χ1v) is 5.65. The summed E-state index contributed by atoms with van der Waals surface area (Å²) in [6.45, 7) is 2.06. The van der Waals surface area contributed by atoms with E-state index in [2.05, 4.69) is 44.8 Å². The molecule has 13 heavy (non-hydrogen) atoms. The molecule has 0 fully saturated rings. The predicted molar refractivity (Wildman–Crippen MR) is 58.7 cm³/mol. The number of rotatable bonds is 2. The van der Waals surface area contributed by atoms with E-state index in [-0.39, 0.29) is 6.04 Å². The van der Waals surface area contributed by atoms with Crippen molar-refractivity contribution in [2.45, 2.75) is 13.0 Å². The van der Waals surface area contributed by atoms with Crippen LogP contribution in [0.5, 0.6) is 0 Å². The number of aromatic nitrogens is 4. The lowest BCUT2D eigenvalue weighted by Crippen LogP contribution is -2.06. The summed E-state index contributed by atoms with van der Waals surface area (Å²) in [5.74, 6) is 0. The minimum Gasteiger partial charge on any atom is -0.263 e. The molecule has 0 bridgehead atoms. The van der Waals surface area contributed by atoms with Crippen LogP contribution in [0.15, 0.2) is 18.5 Å². The van der Waals surface area contributed by atoms with Crippen molar-refractivity contribution in [3.63, 3.8) is 0 Å². The topological polar surface area (TPSA) is 43.6 Å². The third-order valence-electron chi connectivity index (χ3n) is 1.70. The Morgan fingerprint density at radius 3 is 2.92 bits per heavy atom. The molecule has 0 amide bonds. The molecule has 2 aromatic heterocycles. The second-order valence-electron chi connectivity index (χ2n) is 2.56. The molecule has 6 heteroatoms. The Morgan fingerprint density at radius 2 is 2.38 bits per heavy atom. The molecule has 1 atom stereocenters. The van der Waals surface area contributed by atoms with Crippen LogP contribution >= 0.6 is 33.9 Å². The molecule has 0 spiro atoms. The van der Waals surface area contributed by atoms with Crippen LogP contribution in [0, 0.1) is 3.01 Å². The van der Waals surface area contributed by atoms with E-state index in [1.807, 2.05) is 16.9 Å². The largest absolute Gasteiger partial charge is 0.263 e. The predicted octanol–water partition coefficient (Wildman–Crippen LogP) is 1.95. The summed E-state index contributed by atoms with van der Waals surface area (Å²) >= 11 is 3.76. The van der Waals surface area contributed by atoms with Gasteiger partial charge in [0.2, 0.25) is 0 Å². The van der Waals surface area contributed by atoms with Crippen molar-refractivity contribution in [3.05, 3.63) is 26.5 Å². The zero-order valence-corrected chi connectivity index (χ0v) is 9.86. The summed E-state index contributed by atoms with van der Waals surface area (Å²) in [6.07, 6.45) is 3.70. The zero-order chi connectivity index (χ0) is 9.26. The van der Waals surface area contributed by atoms with Crippen molar-refractivity contribution in [2.75, 3.05) is 0 Å². The molecule has 4 nitrogen and oxygen atoms in total. The molecule has 68 valence electrons. The SMILES string of the molecule is CC(c1nnc(I)s1)n1cccn1. The maximum absolute atomic E-state index is 4.15. The van der Waals surface area contributed by atoms with Gasteiger partial charge < -0.3 is 0 Å². The highest BCUT2D eigenvalue weighted by atomic mass is 127. The summed E-state index contributed by atoms with van der Waals surface area (Å²) < 4.78 is 2.84. The van der Waals surface area contributed by atoms with Gasteiger partial charge in [0, 0.05) is 12.4 Å². The van der Waals surface area contributed by atoms with E-state index < -0.39 is 0 Å². The first kappa shape index (κ1) is 9.07. The van der Waals surface area contributed by atoms with Crippen molar-refractivity contribution < 1.29 is 0 Å². The number of hydrogen-bond donors (Lipinski definition) is 0. The third-order valence-corrected chi connectivity index (χ3v) is 3.45. The Labute approximate surface area is 93.1 Å². The number of nitrogens with zero attached hydrogens (tertiary/aromatic N) is 4. The molecular weight excluding hydrogens is 299 g/mol. The second kappa shape index (κ2) is 3.70. The summed E-state index contributed by atoms with van der Waals surface area (Å²) in [7, 11) is 0. The van der Waals surface area contributed by atoms with Crippen molar-refractivity contribution in [1.29, 1.82) is 0 Å². The number of halogens is 1. The molecule has 0 N–H and O–H groups in total. The average Bonchev–Trinajstić information content (AvgIpc) is 2.72. The fourth-order valence-electron chi connectivity index (χ4n) is 1.01. The fourth-order valence-corrected chi connectivity index (χ4v) is 2.41. The molecule has 0 aliphatic carbocycles. The van der Waals surface area contributed by atoms with Crippen LogP contribution in [0.3, 0.4) is 0 Å². The van der Waals surface area contributed by atoms with Crippen LogP contribution in [-0.4, -0.2) is 20.0 Å². The fraction of sp³-hybridized carbons (Fsp3) is 0.286. The highest BCUT2D eigenvalue weighted by molar-refractivity contribution is 14.1. The molecule has 0 radical (unpaired) electrons. The quantitative estimate of drug-likeness (QED) is 0.797. The van der Waals surface area contributed by atoms with Gasteiger partial charge in [-0.15, -0.1) is 10.2 Å². The summed E-state index contributed by atoms with van der Waals surface area (Å²) in [5.41, 5.74) is 0. The highest BCUT2D eigenvalue weighted by Gasteiger charge is 2.12. The normalized spacial score (nSPS) is 13.1. The molecule has 2 rings (SSSR count). The molecule has 0 aliphatic rings. The van der Waals surface area contributed by atoms with E-state index in [4.69, 9.17) is 0 Å². The monoisotopic (exact) mass is 306 g/mol. The van der Waals surface area contributed by atoms with Crippen LogP contribution in [0.25, 0.3) is 0 Å². The van der Waals surface area contributed by atoms with Crippen molar-refractivity contribution in [1.82, 2.24) is 20.0 Å². The Balaban J connectivity index is 2.28. The first-order valence-electron chi connectivity index (χ1n) is 3.75. The first-order chi connectivity index (χ1) is 6.27. The molecule has 0 aliphatic heterocycles. The summed E-state index contributed by atoms with van der Waals surface area (Å²) in [4.78, 5) is 0. The minimum atomic E-state index is 0.177. The third kappa shape index (κ3) is 1.88. The van der Waals surface area contributed by atoms with Crippen LogP contribution in [-0.2, 0) is 0 Å². The van der Waals surface area contributed by atoms with Crippen molar-refractivity contribution in [3.8, 4) is 0 Å². The van der Waals surface area contributed by atoms with Gasteiger partial charge in [-0.25, -0.2) is 0 Å². The molecule has 0 saturated carbocycles. The van der Waals surface area contributed by atoms with Crippen LogP contribution < -0.4 is 0 Å². The van der Waals surface area contributed by atoms with E-state index in [0.717, 1.165) is 8.02 Å². The average molecular weight is 306 g/mol. The van der Waals surface area contributed by atoms with Gasteiger partial charge >= 0.3 is 0 Å². The maximum Gasteiger partial charge on any atom is 0.178 e. The van der Waals surface area contributed by atoms with Gasteiger partial charge in [-0.05, 0) is 35.6 Å². The maximum atomic E-state index is 4.15. The molecule has 0 aromatic carbocycles. The van der Waals surface area contributed by atoms with E-state index in [0.29, 0.717) is 0 Å². The van der Waals surface area contributed by atoms with E-state index in [1.165, 1.54) is 0 Å². The lowest BCUT2D eigenvalue weighted by atomic mass is 10.4. The zero-order valence-electron chi connectivity index (χ0n) is 6.88. The molecule has 0 saturated heterocycles. The van der Waals surface area contributed by atoms with Gasteiger partial charge in [0.05, 0.1) is 0 Å². The van der Waals surface area contributed by atoms with E-state index in [9.17, 15) is 0 Å². The molecule has 1 unspecified atom stereocenters. The van der Waals surface area contributed by atoms with Gasteiger partial charge in [-0.3, -0.25) is 4.68 Å². The van der Waals surface area contributed by atoms with Gasteiger partial charge in [-0.1, -0.05) is 11.3 Å². The van der Waals surface area contributed by atoms with Crippen LogP contribution in [0.2, 0.25) is 0 Å². The van der Waals surface area contributed by atoms with Crippen LogP contribution in [0.1, 0.15) is 18.0 Å². The lowest BCUT2D eigenvalue weighted by molar-refractivity contribution is 0.557. The van der Waals surface area contributed by atoms with Gasteiger partial charge in [0.25, 0.3) is 0 Å². The van der Waals surface area contributed by atoms with Crippen molar-refractivity contribution in [2.24, 2.45) is 0 Å². The Morgan fingerprint density at radius 1 is 1.54 bits per heavy atom. The standard InChI is InChI=1S/C7H7IN4S/c1-5(12-4-2-3-9-12)6-10-11-7(8)13-6/h2-5H,1H3. The molecular formula is C7H7IN4S. The van der Waals surface area contributed by atoms with Crippen molar-refractivity contribution >= 4 is 33.9 Å².